The van der Waals surface area contributed by atoms with Crippen LogP contribution in [0.15, 0.2) is 30.5 Å². The van der Waals surface area contributed by atoms with Crippen LogP contribution < -0.4 is 5.32 Å². The first-order chi connectivity index (χ1) is 14.6. The summed E-state index contributed by atoms with van der Waals surface area (Å²) in [6.07, 6.45) is 2.31. The molecule has 0 bridgehead atoms. The van der Waals surface area contributed by atoms with Gasteiger partial charge in [-0.1, -0.05) is 54.5 Å². The molecule has 3 rings (SSSR count). The average Bonchev–Trinajstić information content (AvgIpc) is 3.20. The van der Waals surface area contributed by atoms with Crippen LogP contribution in [-0.2, 0) is 24.2 Å². The Morgan fingerprint density at radius 3 is 2.65 bits per heavy atom. The number of hydrogen-bond acceptors (Lipinski definition) is 4. The van der Waals surface area contributed by atoms with Gasteiger partial charge in [0.25, 0.3) is 5.91 Å². The van der Waals surface area contributed by atoms with Crippen molar-refractivity contribution < 1.29 is 19.1 Å². The van der Waals surface area contributed by atoms with Gasteiger partial charge in [-0.3, -0.25) is 14.9 Å². The molecule has 0 aliphatic rings. The molecule has 31 heavy (non-hydrogen) atoms. The predicted molar refractivity (Wildman–Crippen MR) is 120 cm³/mol. The van der Waals surface area contributed by atoms with E-state index in [1.54, 1.807) is 16.7 Å². The molecule has 1 aromatic carbocycles. The smallest absolute Gasteiger partial charge is 0.309 e. The minimum Gasteiger partial charge on any atom is -0.481 e. The van der Waals surface area contributed by atoms with Gasteiger partial charge in [-0.05, 0) is 41.7 Å². The summed E-state index contributed by atoms with van der Waals surface area (Å²) < 4.78 is 15.8. The topological polar surface area (TPSA) is 84.2 Å². The monoisotopic (exact) mass is 483 g/mol. The Balaban J connectivity index is 1.87. The Morgan fingerprint density at radius 2 is 2.00 bits per heavy atom. The second-order valence-electron chi connectivity index (χ2n) is 7.47. The first-order valence-electron chi connectivity index (χ1n) is 9.43. The number of amides is 1. The molecule has 1 amide bonds. The molecule has 0 aliphatic carbocycles. The van der Waals surface area contributed by atoms with Crippen molar-refractivity contribution >= 4 is 51.5 Å². The zero-order chi connectivity index (χ0) is 22.7. The molecule has 0 saturated heterocycles. The van der Waals surface area contributed by atoms with Crippen molar-refractivity contribution in [3.8, 4) is 0 Å². The Kier molecular flexibility index (Phi) is 7.35. The molecule has 6 nitrogen and oxygen atoms in total. The maximum Gasteiger partial charge on any atom is 0.309 e. The molecule has 0 spiro atoms. The number of carbonyl (C=O) groups is 2. The summed E-state index contributed by atoms with van der Waals surface area (Å²) in [6, 6.07) is 6.31. The lowest BCUT2D eigenvalue weighted by molar-refractivity contribution is -0.136. The van der Waals surface area contributed by atoms with E-state index in [4.69, 9.17) is 28.3 Å². The fourth-order valence-corrected chi connectivity index (χ4v) is 4.26. The third-order valence-corrected chi connectivity index (χ3v) is 5.91. The van der Waals surface area contributed by atoms with E-state index in [0.29, 0.717) is 17.2 Å². The molecule has 3 aromatic rings. The van der Waals surface area contributed by atoms with Crippen molar-refractivity contribution in [3.63, 3.8) is 0 Å². The highest BCUT2D eigenvalue weighted by molar-refractivity contribution is 7.19. The molecule has 2 aromatic heterocycles. The van der Waals surface area contributed by atoms with Crippen LogP contribution in [0.5, 0.6) is 0 Å². The quantitative estimate of drug-likeness (QED) is 0.441. The van der Waals surface area contributed by atoms with Gasteiger partial charge in [0.05, 0.1) is 17.1 Å². The summed E-state index contributed by atoms with van der Waals surface area (Å²) in [4.78, 5) is 28.0. The maximum atomic E-state index is 13.9. The van der Waals surface area contributed by atoms with Crippen LogP contribution in [0.1, 0.15) is 41.2 Å². The van der Waals surface area contributed by atoms with E-state index in [1.165, 1.54) is 12.1 Å². The lowest BCUT2D eigenvalue weighted by Crippen LogP contribution is -2.17. The predicted octanol–water partition coefficient (Wildman–Crippen LogP) is 5.52. The normalized spacial score (nSPS) is 11.2. The van der Waals surface area contributed by atoms with Gasteiger partial charge < -0.3 is 9.67 Å². The number of carboxylic acid groups (broad SMARTS) is 1. The number of anilines is 1. The molecule has 0 saturated carbocycles. The van der Waals surface area contributed by atoms with Gasteiger partial charge in [0, 0.05) is 12.7 Å². The molecule has 0 radical (unpaired) electrons. The van der Waals surface area contributed by atoms with Crippen molar-refractivity contribution in [1.82, 2.24) is 9.55 Å². The van der Waals surface area contributed by atoms with E-state index in [-0.39, 0.29) is 33.2 Å². The van der Waals surface area contributed by atoms with Crippen molar-refractivity contribution in [2.75, 3.05) is 5.32 Å². The minimum atomic E-state index is -1.06. The number of nitrogens with one attached hydrogen (secondary N) is 1. The lowest BCUT2D eigenvalue weighted by Gasteiger charge is -2.09. The van der Waals surface area contributed by atoms with Crippen LogP contribution >= 0.6 is 34.5 Å². The highest BCUT2D eigenvalue weighted by Crippen LogP contribution is 2.29. The third kappa shape index (κ3) is 6.06. The van der Waals surface area contributed by atoms with Crippen LogP contribution in [0.4, 0.5) is 9.52 Å². The average molecular weight is 484 g/mol. The van der Waals surface area contributed by atoms with E-state index in [0.717, 1.165) is 23.3 Å². The molecular weight excluding hydrogens is 464 g/mol. The SMILES string of the molecule is CC(C)Cc1cc(C(=O)Nc2nc(CC(=O)O)c(Cl)s2)n(Cc2ccc(Cl)c(F)c2)c1. The number of rotatable bonds is 8. The fourth-order valence-electron chi connectivity index (χ4n) is 3.11. The van der Waals surface area contributed by atoms with Crippen molar-refractivity contribution in [2.24, 2.45) is 5.92 Å². The van der Waals surface area contributed by atoms with Gasteiger partial charge in [-0.25, -0.2) is 9.37 Å². The molecule has 0 fully saturated rings. The van der Waals surface area contributed by atoms with E-state index >= 15 is 0 Å². The number of benzene rings is 1. The van der Waals surface area contributed by atoms with Gasteiger partial charge in [0.1, 0.15) is 15.8 Å². The van der Waals surface area contributed by atoms with Gasteiger partial charge >= 0.3 is 5.97 Å². The Morgan fingerprint density at radius 1 is 1.26 bits per heavy atom. The standard InChI is InChI=1S/C21H20Cl2FN3O3S/c1-11(2)5-13-7-17(27(10-13)9-12-3-4-14(22)15(24)6-12)20(30)26-21-25-16(8-18(28)29)19(23)31-21/h3-4,6-7,10-11H,5,8-9H2,1-2H3,(H,28,29)(H,25,26,30). The number of carboxylic acids is 1. The van der Waals surface area contributed by atoms with Crippen molar-refractivity contribution in [2.45, 2.75) is 33.2 Å². The van der Waals surface area contributed by atoms with Gasteiger partial charge in [-0.2, -0.15) is 0 Å². The van der Waals surface area contributed by atoms with E-state index in [9.17, 15) is 14.0 Å². The summed E-state index contributed by atoms with van der Waals surface area (Å²) in [5.41, 5.74) is 2.20. The zero-order valence-electron chi connectivity index (χ0n) is 16.8. The first kappa shape index (κ1) is 23.2. The fraction of sp³-hybridized carbons (Fsp3) is 0.286. The van der Waals surface area contributed by atoms with Crippen LogP contribution in [-0.4, -0.2) is 26.5 Å². The number of nitrogens with zero attached hydrogens (tertiary/aromatic N) is 2. The highest BCUT2D eigenvalue weighted by Gasteiger charge is 2.19. The first-order valence-corrected chi connectivity index (χ1v) is 11.0. The van der Waals surface area contributed by atoms with Gasteiger partial charge in [0.2, 0.25) is 0 Å². The molecule has 0 unspecified atom stereocenters. The van der Waals surface area contributed by atoms with E-state index < -0.39 is 17.7 Å². The largest absolute Gasteiger partial charge is 0.481 e. The van der Waals surface area contributed by atoms with E-state index in [2.05, 4.69) is 24.1 Å². The number of hydrogen-bond donors (Lipinski definition) is 2. The van der Waals surface area contributed by atoms with Crippen LogP contribution in [0.2, 0.25) is 9.36 Å². The van der Waals surface area contributed by atoms with Crippen LogP contribution in [0.25, 0.3) is 0 Å². The molecule has 0 aliphatic heterocycles. The molecule has 10 heteroatoms. The summed E-state index contributed by atoms with van der Waals surface area (Å²) in [7, 11) is 0. The Bertz CT molecular complexity index is 1130. The van der Waals surface area contributed by atoms with Crippen LogP contribution in [0.3, 0.4) is 0 Å². The summed E-state index contributed by atoms with van der Waals surface area (Å²) in [5, 5.41) is 11.9. The summed E-state index contributed by atoms with van der Waals surface area (Å²) in [5.74, 6) is -1.62. The molecule has 164 valence electrons. The zero-order valence-corrected chi connectivity index (χ0v) is 19.1. The third-order valence-electron chi connectivity index (χ3n) is 4.36. The second kappa shape index (κ2) is 9.80. The second-order valence-corrected chi connectivity index (χ2v) is 9.48. The van der Waals surface area contributed by atoms with Gasteiger partial charge in [-0.15, -0.1) is 0 Å². The number of aromatic nitrogens is 2. The summed E-state index contributed by atoms with van der Waals surface area (Å²) >= 11 is 12.8. The highest BCUT2D eigenvalue weighted by atomic mass is 35.5. The van der Waals surface area contributed by atoms with E-state index in [1.807, 2.05) is 6.20 Å². The molecule has 2 heterocycles. The van der Waals surface area contributed by atoms with Crippen molar-refractivity contribution in [1.29, 1.82) is 0 Å². The molecular formula is C21H20Cl2FN3O3S. The maximum absolute atomic E-state index is 13.9. The number of halogens is 3. The molecule has 0 atom stereocenters. The van der Waals surface area contributed by atoms with Gasteiger partial charge in [0.15, 0.2) is 5.13 Å². The Hall–Kier alpha value is -2.42. The summed E-state index contributed by atoms with van der Waals surface area (Å²) in [6.45, 7) is 4.43. The van der Waals surface area contributed by atoms with Crippen LogP contribution in [0, 0.1) is 11.7 Å². The minimum absolute atomic E-state index is 0.0348. The molecule has 2 N–H and O–H groups in total. The number of carbonyl (C=O) groups excluding carboxylic acids is 1. The van der Waals surface area contributed by atoms with Crippen molar-refractivity contribution in [3.05, 3.63) is 68.2 Å². The number of thiazole rings is 1. The number of aliphatic carboxylic acids is 1. The lowest BCUT2D eigenvalue weighted by atomic mass is 10.1. The Labute approximate surface area is 192 Å².